The molecule has 0 bridgehead atoms. The number of sulfone groups is 1. The average molecular weight is 217 g/mol. The highest BCUT2D eigenvalue weighted by Gasteiger charge is 2.15. The van der Waals surface area contributed by atoms with Crippen LogP contribution in [0.25, 0.3) is 0 Å². The predicted octanol–water partition coefficient (Wildman–Crippen LogP) is 0.288. The van der Waals surface area contributed by atoms with Crippen molar-refractivity contribution in [1.82, 2.24) is 9.78 Å². The highest BCUT2D eigenvalue weighted by Crippen LogP contribution is 2.02. The number of aryl methyl sites for hydroxylation is 1. The standard InChI is InChI=1S/C8H15N3O2S/c1-7(2)14(12,13)6-5-11-4-3-8(9)10-11/h3-4,7H,5-6H2,1-2H3,(H2,9,10). The maximum atomic E-state index is 11.4. The fourth-order valence-electron chi connectivity index (χ4n) is 0.958. The first-order chi connectivity index (χ1) is 6.42. The van der Waals surface area contributed by atoms with Crippen LogP contribution in [0.15, 0.2) is 12.3 Å². The number of nitrogen functional groups attached to an aromatic ring is 1. The summed E-state index contributed by atoms with van der Waals surface area (Å²) >= 11 is 0. The van der Waals surface area contributed by atoms with Crippen LogP contribution in [0.3, 0.4) is 0 Å². The lowest BCUT2D eigenvalue weighted by molar-refractivity contribution is 0.573. The minimum absolute atomic E-state index is 0.103. The highest BCUT2D eigenvalue weighted by atomic mass is 32.2. The van der Waals surface area contributed by atoms with Crippen molar-refractivity contribution in [2.24, 2.45) is 0 Å². The Morgan fingerprint density at radius 1 is 1.57 bits per heavy atom. The van der Waals surface area contributed by atoms with Gasteiger partial charge in [0, 0.05) is 6.20 Å². The molecule has 0 aliphatic carbocycles. The Balaban J connectivity index is 2.57. The molecule has 0 aliphatic rings. The van der Waals surface area contributed by atoms with Gasteiger partial charge in [-0.05, 0) is 19.9 Å². The van der Waals surface area contributed by atoms with Crippen molar-refractivity contribution in [1.29, 1.82) is 0 Å². The Morgan fingerprint density at radius 3 is 2.64 bits per heavy atom. The molecule has 0 fully saturated rings. The van der Waals surface area contributed by atoms with E-state index in [1.807, 2.05) is 0 Å². The second-order valence-electron chi connectivity index (χ2n) is 3.42. The van der Waals surface area contributed by atoms with E-state index in [0.717, 1.165) is 0 Å². The van der Waals surface area contributed by atoms with Crippen molar-refractivity contribution in [2.75, 3.05) is 11.5 Å². The molecule has 1 aromatic heterocycles. The molecule has 2 N–H and O–H groups in total. The van der Waals surface area contributed by atoms with Gasteiger partial charge in [0.15, 0.2) is 9.84 Å². The maximum absolute atomic E-state index is 11.4. The smallest absolute Gasteiger partial charge is 0.154 e. The van der Waals surface area contributed by atoms with E-state index in [0.29, 0.717) is 12.4 Å². The number of aromatic nitrogens is 2. The molecule has 0 unspecified atom stereocenters. The van der Waals surface area contributed by atoms with Gasteiger partial charge in [-0.2, -0.15) is 5.10 Å². The van der Waals surface area contributed by atoms with Crippen LogP contribution in [0.1, 0.15) is 13.8 Å². The molecular formula is C8H15N3O2S. The van der Waals surface area contributed by atoms with Crippen molar-refractivity contribution >= 4 is 15.7 Å². The Kier molecular flexibility index (Phi) is 3.15. The van der Waals surface area contributed by atoms with Crippen LogP contribution in [0.2, 0.25) is 0 Å². The molecule has 0 atom stereocenters. The molecule has 1 aromatic rings. The summed E-state index contributed by atoms with van der Waals surface area (Å²) in [5.41, 5.74) is 5.40. The molecule has 80 valence electrons. The number of rotatable bonds is 4. The molecule has 6 heteroatoms. The highest BCUT2D eigenvalue weighted by molar-refractivity contribution is 7.91. The molecule has 0 radical (unpaired) electrons. The molecule has 0 aromatic carbocycles. The summed E-state index contributed by atoms with van der Waals surface area (Å²) in [4.78, 5) is 0. The first kappa shape index (κ1) is 11.0. The van der Waals surface area contributed by atoms with Gasteiger partial charge in [0.25, 0.3) is 0 Å². The minimum atomic E-state index is -2.99. The summed E-state index contributed by atoms with van der Waals surface area (Å²) in [5, 5.41) is 3.57. The molecule has 0 spiro atoms. The summed E-state index contributed by atoms with van der Waals surface area (Å²) in [6.07, 6.45) is 1.67. The van der Waals surface area contributed by atoms with Gasteiger partial charge in [0.05, 0.1) is 17.5 Å². The summed E-state index contributed by atoms with van der Waals surface area (Å²) in [7, 11) is -2.99. The van der Waals surface area contributed by atoms with Crippen LogP contribution < -0.4 is 5.73 Å². The molecule has 5 nitrogen and oxygen atoms in total. The van der Waals surface area contributed by atoms with E-state index in [1.165, 1.54) is 4.68 Å². The molecule has 0 saturated carbocycles. The van der Waals surface area contributed by atoms with Crippen LogP contribution >= 0.6 is 0 Å². The lowest BCUT2D eigenvalue weighted by Gasteiger charge is -2.06. The Bertz CT molecular complexity index is 394. The fraction of sp³-hybridized carbons (Fsp3) is 0.625. The zero-order valence-corrected chi connectivity index (χ0v) is 9.16. The second kappa shape index (κ2) is 4.00. The average Bonchev–Trinajstić information content (AvgIpc) is 2.48. The number of hydrogen-bond donors (Lipinski definition) is 1. The van der Waals surface area contributed by atoms with Crippen molar-refractivity contribution in [2.45, 2.75) is 25.6 Å². The third-order valence-electron chi connectivity index (χ3n) is 1.98. The Labute approximate surface area is 83.8 Å². The summed E-state index contributed by atoms with van der Waals surface area (Å²) in [6, 6.07) is 1.64. The van der Waals surface area contributed by atoms with Gasteiger partial charge in [0.2, 0.25) is 0 Å². The van der Waals surface area contributed by atoms with Crippen molar-refractivity contribution in [3.8, 4) is 0 Å². The van der Waals surface area contributed by atoms with Gasteiger partial charge >= 0.3 is 0 Å². The third-order valence-corrected chi connectivity index (χ3v) is 4.17. The van der Waals surface area contributed by atoms with Gasteiger partial charge < -0.3 is 5.73 Å². The number of nitrogens with zero attached hydrogens (tertiary/aromatic N) is 2. The summed E-state index contributed by atoms with van der Waals surface area (Å²) in [6.45, 7) is 3.71. The Morgan fingerprint density at radius 2 is 2.21 bits per heavy atom. The van der Waals surface area contributed by atoms with E-state index in [-0.39, 0.29) is 11.0 Å². The topological polar surface area (TPSA) is 78.0 Å². The van der Waals surface area contributed by atoms with Gasteiger partial charge in [-0.1, -0.05) is 0 Å². The zero-order chi connectivity index (χ0) is 10.8. The first-order valence-corrected chi connectivity index (χ1v) is 6.14. The van der Waals surface area contributed by atoms with Crippen molar-refractivity contribution in [3.05, 3.63) is 12.3 Å². The van der Waals surface area contributed by atoms with Crippen LogP contribution in [0, 0.1) is 0 Å². The summed E-state index contributed by atoms with van der Waals surface area (Å²) in [5.74, 6) is 0.512. The maximum Gasteiger partial charge on any atom is 0.154 e. The van der Waals surface area contributed by atoms with E-state index in [9.17, 15) is 8.42 Å². The molecule has 14 heavy (non-hydrogen) atoms. The fourth-order valence-corrected chi connectivity index (χ4v) is 1.87. The predicted molar refractivity (Wildman–Crippen MR) is 55.6 cm³/mol. The third kappa shape index (κ3) is 2.73. The second-order valence-corrected chi connectivity index (χ2v) is 6.10. The Hall–Kier alpha value is -1.04. The lowest BCUT2D eigenvalue weighted by Crippen LogP contribution is -2.21. The number of anilines is 1. The molecule has 0 aliphatic heterocycles. The normalized spacial score (nSPS) is 12.2. The van der Waals surface area contributed by atoms with Crippen LogP contribution in [0.5, 0.6) is 0 Å². The van der Waals surface area contributed by atoms with Crippen LogP contribution in [-0.4, -0.2) is 29.2 Å². The van der Waals surface area contributed by atoms with Gasteiger partial charge in [0.1, 0.15) is 5.82 Å². The monoisotopic (exact) mass is 217 g/mol. The first-order valence-electron chi connectivity index (χ1n) is 4.42. The summed E-state index contributed by atoms with van der Waals surface area (Å²) < 4.78 is 24.4. The van der Waals surface area contributed by atoms with Crippen LogP contribution in [0.4, 0.5) is 5.82 Å². The van der Waals surface area contributed by atoms with E-state index in [4.69, 9.17) is 5.73 Å². The van der Waals surface area contributed by atoms with Crippen molar-refractivity contribution < 1.29 is 8.42 Å². The van der Waals surface area contributed by atoms with Gasteiger partial charge in [-0.15, -0.1) is 0 Å². The largest absolute Gasteiger partial charge is 0.382 e. The molecule has 1 rings (SSSR count). The number of hydrogen-bond acceptors (Lipinski definition) is 4. The molecule has 1 heterocycles. The lowest BCUT2D eigenvalue weighted by atomic mass is 10.6. The molecule has 0 amide bonds. The molecular weight excluding hydrogens is 202 g/mol. The van der Waals surface area contributed by atoms with Crippen LogP contribution in [-0.2, 0) is 16.4 Å². The SMILES string of the molecule is CC(C)S(=O)(=O)CCn1ccc(N)n1. The van der Waals surface area contributed by atoms with Gasteiger partial charge in [-0.3, -0.25) is 4.68 Å². The minimum Gasteiger partial charge on any atom is -0.382 e. The number of nitrogens with two attached hydrogens (primary N) is 1. The van der Waals surface area contributed by atoms with E-state index in [2.05, 4.69) is 5.10 Å². The van der Waals surface area contributed by atoms with Crippen molar-refractivity contribution in [3.63, 3.8) is 0 Å². The van der Waals surface area contributed by atoms with E-state index in [1.54, 1.807) is 26.1 Å². The van der Waals surface area contributed by atoms with E-state index >= 15 is 0 Å². The van der Waals surface area contributed by atoms with Gasteiger partial charge in [-0.25, -0.2) is 8.42 Å². The van der Waals surface area contributed by atoms with E-state index < -0.39 is 9.84 Å². The quantitative estimate of drug-likeness (QED) is 0.786. The molecule has 0 saturated heterocycles. The zero-order valence-electron chi connectivity index (χ0n) is 8.34.